The fourth-order valence-corrected chi connectivity index (χ4v) is 2.77. The lowest BCUT2D eigenvalue weighted by molar-refractivity contribution is -0.120. The van der Waals surface area contributed by atoms with Crippen LogP contribution in [0.15, 0.2) is 41.3 Å². The maximum atomic E-state index is 12.3. The minimum absolute atomic E-state index is 0.0244. The van der Waals surface area contributed by atoms with Gasteiger partial charge in [0.15, 0.2) is 0 Å². The number of aromatic nitrogens is 2. The van der Waals surface area contributed by atoms with E-state index >= 15 is 0 Å². The Balaban J connectivity index is 1.71. The zero-order valence-electron chi connectivity index (χ0n) is 10.3. The summed E-state index contributed by atoms with van der Waals surface area (Å²) in [5.74, 6) is 0.107. The predicted octanol–water partition coefficient (Wildman–Crippen LogP) is 2.85. The van der Waals surface area contributed by atoms with Gasteiger partial charge in [0, 0.05) is 35.2 Å². The quantitative estimate of drug-likeness (QED) is 0.925. The molecule has 1 atom stereocenters. The minimum atomic E-state index is 0.0244. The van der Waals surface area contributed by atoms with Crippen LogP contribution in [-0.2, 0) is 17.8 Å². The fourth-order valence-electron chi connectivity index (χ4n) is 2.39. The van der Waals surface area contributed by atoms with Crippen molar-refractivity contribution in [1.29, 1.82) is 0 Å². The lowest BCUT2D eigenvalue weighted by atomic mass is 9.95. The van der Waals surface area contributed by atoms with Crippen molar-refractivity contribution in [2.75, 3.05) is 5.32 Å². The number of benzene rings is 1. The van der Waals surface area contributed by atoms with Crippen molar-refractivity contribution in [3.05, 3.63) is 47.0 Å². The van der Waals surface area contributed by atoms with Crippen LogP contribution in [0, 0.1) is 5.92 Å². The fraction of sp³-hybridized carbons (Fsp3) is 0.286. The topological polar surface area (TPSA) is 46.9 Å². The molecule has 1 amide bonds. The molecule has 0 aliphatic carbocycles. The Morgan fingerprint density at radius 1 is 1.42 bits per heavy atom. The minimum Gasteiger partial charge on any atom is -0.335 e. The monoisotopic (exact) mass is 319 g/mol. The second-order valence-electron chi connectivity index (χ2n) is 4.74. The molecular weight excluding hydrogens is 306 g/mol. The summed E-state index contributed by atoms with van der Waals surface area (Å²) in [6.45, 7) is 0.864. The lowest BCUT2D eigenvalue weighted by Crippen LogP contribution is -2.30. The van der Waals surface area contributed by atoms with E-state index in [4.69, 9.17) is 0 Å². The maximum Gasteiger partial charge on any atom is 0.227 e. The van der Waals surface area contributed by atoms with Gasteiger partial charge in [0.05, 0.1) is 12.0 Å². The average molecular weight is 320 g/mol. The van der Waals surface area contributed by atoms with E-state index in [0.29, 0.717) is 0 Å². The van der Waals surface area contributed by atoms with E-state index in [0.717, 1.165) is 35.2 Å². The van der Waals surface area contributed by atoms with Gasteiger partial charge in [0.25, 0.3) is 0 Å². The molecule has 0 radical (unpaired) electrons. The van der Waals surface area contributed by atoms with Crippen molar-refractivity contribution in [3.8, 4) is 0 Å². The van der Waals surface area contributed by atoms with Crippen molar-refractivity contribution in [2.45, 2.75) is 19.4 Å². The molecule has 4 nitrogen and oxygen atoms in total. The molecular formula is C14H14BrN3O. The molecule has 1 N–H and O–H groups in total. The molecule has 2 heterocycles. The number of nitrogens with one attached hydrogen (secondary N) is 1. The first-order chi connectivity index (χ1) is 9.24. The number of halogens is 1. The second kappa shape index (κ2) is 5.17. The summed E-state index contributed by atoms with van der Waals surface area (Å²) in [4.78, 5) is 16.4. The number of amides is 1. The molecule has 1 unspecified atom stereocenters. The van der Waals surface area contributed by atoms with Gasteiger partial charge in [-0.15, -0.1) is 0 Å². The van der Waals surface area contributed by atoms with Crippen LogP contribution < -0.4 is 5.32 Å². The first kappa shape index (κ1) is 12.4. The van der Waals surface area contributed by atoms with Crippen LogP contribution in [0.3, 0.4) is 0 Å². The number of carbonyl (C=O) groups excluding carboxylic acids is 1. The number of rotatable bonds is 2. The summed E-state index contributed by atoms with van der Waals surface area (Å²) in [6.07, 6.45) is 5.30. The SMILES string of the molecule is O=C(Nc1ccccc1Br)C1CCn2cncc2C1. The Morgan fingerprint density at radius 3 is 3.11 bits per heavy atom. The number of carbonyl (C=O) groups is 1. The molecule has 2 aromatic rings. The molecule has 0 saturated heterocycles. The van der Waals surface area contributed by atoms with Crippen molar-refractivity contribution in [3.63, 3.8) is 0 Å². The van der Waals surface area contributed by atoms with Gasteiger partial charge in [0.1, 0.15) is 0 Å². The molecule has 1 aromatic heterocycles. The van der Waals surface area contributed by atoms with Crippen molar-refractivity contribution in [1.82, 2.24) is 9.55 Å². The van der Waals surface area contributed by atoms with Crippen LogP contribution in [0.2, 0.25) is 0 Å². The van der Waals surface area contributed by atoms with E-state index in [1.165, 1.54) is 0 Å². The molecule has 0 spiro atoms. The number of imidazole rings is 1. The third kappa shape index (κ3) is 2.56. The van der Waals surface area contributed by atoms with E-state index < -0.39 is 0 Å². The van der Waals surface area contributed by atoms with Gasteiger partial charge in [0.2, 0.25) is 5.91 Å². The summed E-state index contributed by atoms with van der Waals surface area (Å²) < 4.78 is 3.02. The van der Waals surface area contributed by atoms with Gasteiger partial charge in [-0.05, 0) is 34.5 Å². The van der Waals surface area contributed by atoms with Crippen LogP contribution >= 0.6 is 15.9 Å². The number of para-hydroxylation sites is 1. The maximum absolute atomic E-state index is 12.3. The molecule has 1 aromatic carbocycles. The highest BCUT2D eigenvalue weighted by molar-refractivity contribution is 9.10. The summed E-state index contributed by atoms with van der Waals surface area (Å²) in [6, 6.07) is 7.66. The zero-order chi connectivity index (χ0) is 13.2. The number of anilines is 1. The van der Waals surface area contributed by atoms with Crippen molar-refractivity contribution < 1.29 is 4.79 Å². The predicted molar refractivity (Wildman–Crippen MR) is 76.8 cm³/mol. The molecule has 1 aliphatic rings. The van der Waals surface area contributed by atoms with Crippen molar-refractivity contribution >= 4 is 27.5 Å². The van der Waals surface area contributed by atoms with Crippen LogP contribution in [0.25, 0.3) is 0 Å². The number of aryl methyl sites for hydroxylation is 1. The van der Waals surface area contributed by atoms with E-state index in [1.807, 2.05) is 36.8 Å². The number of nitrogens with zero attached hydrogens (tertiary/aromatic N) is 2. The Hall–Kier alpha value is -1.62. The van der Waals surface area contributed by atoms with Crippen LogP contribution in [0.1, 0.15) is 12.1 Å². The normalized spacial score (nSPS) is 17.8. The number of hydrogen-bond acceptors (Lipinski definition) is 2. The molecule has 0 saturated carbocycles. The summed E-state index contributed by atoms with van der Waals surface area (Å²) >= 11 is 3.44. The highest BCUT2D eigenvalue weighted by Gasteiger charge is 2.25. The highest BCUT2D eigenvalue weighted by atomic mass is 79.9. The largest absolute Gasteiger partial charge is 0.335 e. The molecule has 19 heavy (non-hydrogen) atoms. The molecule has 0 bridgehead atoms. The van der Waals surface area contributed by atoms with Gasteiger partial charge in [-0.25, -0.2) is 4.98 Å². The van der Waals surface area contributed by atoms with Crippen LogP contribution in [0.4, 0.5) is 5.69 Å². The first-order valence-electron chi connectivity index (χ1n) is 6.28. The molecule has 3 rings (SSSR count). The molecule has 0 fully saturated rings. The molecule has 5 heteroatoms. The summed E-state index contributed by atoms with van der Waals surface area (Å²) in [7, 11) is 0. The average Bonchev–Trinajstić information content (AvgIpc) is 2.88. The lowest BCUT2D eigenvalue weighted by Gasteiger charge is -2.23. The van der Waals surface area contributed by atoms with E-state index in [1.54, 1.807) is 0 Å². The van der Waals surface area contributed by atoms with Gasteiger partial charge < -0.3 is 9.88 Å². The van der Waals surface area contributed by atoms with E-state index in [9.17, 15) is 4.79 Å². The Bertz CT molecular complexity index is 608. The smallest absolute Gasteiger partial charge is 0.227 e. The third-order valence-electron chi connectivity index (χ3n) is 3.48. The Kier molecular flexibility index (Phi) is 3.38. The molecule has 1 aliphatic heterocycles. The van der Waals surface area contributed by atoms with E-state index in [-0.39, 0.29) is 11.8 Å². The summed E-state index contributed by atoms with van der Waals surface area (Å²) in [5, 5.41) is 2.99. The van der Waals surface area contributed by atoms with Gasteiger partial charge >= 0.3 is 0 Å². The number of fused-ring (bicyclic) bond motifs is 1. The standard InChI is InChI=1S/C14H14BrN3O/c15-12-3-1-2-4-13(12)17-14(19)10-5-6-18-9-16-8-11(18)7-10/h1-4,8-10H,5-7H2,(H,17,19). The number of hydrogen-bond donors (Lipinski definition) is 1. The van der Waals surface area contributed by atoms with E-state index in [2.05, 4.69) is 30.8 Å². The zero-order valence-corrected chi connectivity index (χ0v) is 11.9. The second-order valence-corrected chi connectivity index (χ2v) is 5.59. The van der Waals surface area contributed by atoms with Crippen LogP contribution in [-0.4, -0.2) is 15.5 Å². The van der Waals surface area contributed by atoms with Crippen molar-refractivity contribution in [2.24, 2.45) is 5.92 Å². The summed E-state index contributed by atoms with van der Waals surface area (Å²) in [5.41, 5.74) is 1.96. The Labute approximate surface area is 120 Å². The highest BCUT2D eigenvalue weighted by Crippen LogP contribution is 2.25. The molecule has 98 valence electrons. The van der Waals surface area contributed by atoms with Gasteiger partial charge in [-0.1, -0.05) is 12.1 Å². The van der Waals surface area contributed by atoms with Gasteiger partial charge in [-0.2, -0.15) is 0 Å². The first-order valence-corrected chi connectivity index (χ1v) is 7.08. The third-order valence-corrected chi connectivity index (χ3v) is 4.17. The van der Waals surface area contributed by atoms with Gasteiger partial charge in [-0.3, -0.25) is 4.79 Å². The van der Waals surface area contributed by atoms with Crippen LogP contribution in [0.5, 0.6) is 0 Å². The Morgan fingerprint density at radius 2 is 2.26 bits per heavy atom.